The molecule has 0 saturated carbocycles. The van der Waals surface area contributed by atoms with Gasteiger partial charge in [0.15, 0.2) is 6.04 Å². The molecule has 0 aliphatic carbocycles. The number of methoxy groups -OCH3 is 1. The van der Waals surface area contributed by atoms with Crippen molar-refractivity contribution in [2.75, 3.05) is 26.9 Å². The topological polar surface area (TPSA) is 120 Å². The SMILES string of the molecule is CCOC(=O)[C@H](COCc1ccccc1)NC(=O)C(C)(C)NC(=O)[C@@H](SC(=O)COC)C(C)C. The summed E-state index contributed by atoms with van der Waals surface area (Å²) in [5.74, 6) is -1.84. The lowest BCUT2D eigenvalue weighted by atomic mass is 10.0. The van der Waals surface area contributed by atoms with Crippen LogP contribution < -0.4 is 10.6 Å². The predicted octanol–water partition coefficient (Wildman–Crippen LogP) is 2.08. The third kappa shape index (κ3) is 10.2. The Morgan fingerprint density at radius 3 is 2.29 bits per heavy atom. The van der Waals surface area contributed by atoms with Crippen molar-refractivity contribution in [1.82, 2.24) is 10.6 Å². The van der Waals surface area contributed by atoms with Gasteiger partial charge < -0.3 is 24.8 Å². The Morgan fingerprint density at radius 1 is 1.09 bits per heavy atom. The van der Waals surface area contributed by atoms with E-state index in [4.69, 9.17) is 14.2 Å². The molecule has 1 aromatic rings. The second-order valence-electron chi connectivity index (χ2n) is 8.48. The first kappa shape index (κ1) is 29.6. The number of amides is 2. The molecule has 0 fully saturated rings. The maximum atomic E-state index is 13.0. The number of hydrogen-bond acceptors (Lipinski definition) is 8. The summed E-state index contributed by atoms with van der Waals surface area (Å²) in [4.78, 5) is 50.2. The van der Waals surface area contributed by atoms with Crippen molar-refractivity contribution in [1.29, 1.82) is 0 Å². The fourth-order valence-electron chi connectivity index (χ4n) is 2.84. The number of benzene rings is 1. The summed E-state index contributed by atoms with van der Waals surface area (Å²) in [5, 5.41) is 4.32. The molecule has 190 valence electrons. The molecule has 9 nitrogen and oxygen atoms in total. The Kier molecular flexibility index (Phi) is 12.8. The highest BCUT2D eigenvalue weighted by Crippen LogP contribution is 2.22. The van der Waals surface area contributed by atoms with Gasteiger partial charge in [-0.3, -0.25) is 14.4 Å². The lowest BCUT2D eigenvalue weighted by Crippen LogP contribution is -2.60. The molecule has 0 bridgehead atoms. The van der Waals surface area contributed by atoms with Crippen molar-refractivity contribution in [2.45, 2.75) is 58.1 Å². The lowest BCUT2D eigenvalue weighted by Gasteiger charge is -2.30. The van der Waals surface area contributed by atoms with Crippen molar-refractivity contribution in [2.24, 2.45) is 5.92 Å². The molecule has 0 aromatic heterocycles. The van der Waals surface area contributed by atoms with Crippen molar-refractivity contribution >= 4 is 34.7 Å². The van der Waals surface area contributed by atoms with E-state index in [2.05, 4.69) is 10.6 Å². The maximum Gasteiger partial charge on any atom is 0.331 e. The van der Waals surface area contributed by atoms with Gasteiger partial charge in [-0.25, -0.2) is 4.79 Å². The average molecular weight is 497 g/mol. The number of ether oxygens (including phenoxy) is 3. The number of rotatable bonds is 14. The Morgan fingerprint density at radius 2 is 1.74 bits per heavy atom. The predicted molar refractivity (Wildman–Crippen MR) is 130 cm³/mol. The van der Waals surface area contributed by atoms with E-state index in [9.17, 15) is 19.2 Å². The van der Waals surface area contributed by atoms with Crippen molar-refractivity contribution in [3.8, 4) is 0 Å². The van der Waals surface area contributed by atoms with Crippen LogP contribution in [-0.2, 0) is 40.0 Å². The molecule has 0 aliphatic heterocycles. The molecule has 2 N–H and O–H groups in total. The van der Waals surface area contributed by atoms with Crippen LogP contribution in [0.25, 0.3) is 0 Å². The molecule has 1 aromatic carbocycles. The van der Waals surface area contributed by atoms with Crippen molar-refractivity contribution in [3.63, 3.8) is 0 Å². The van der Waals surface area contributed by atoms with Gasteiger partial charge in [-0.1, -0.05) is 55.9 Å². The van der Waals surface area contributed by atoms with E-state index < -0.39 is 34.6 Å². The van der Waals surface area contributed by atoms with Gasteiger partial charge in [-0.05, 0) is 32.3 Å². The largest absolute Gasteiger partial charge is 0.464 e. The fourth-order valence-corrected chi connectivity index (χ4v) is 3.75. The summed E-state index contributed by atoms with van der Waals surface area (Å²) in [5.41, 5.74) is -0.441. The normalized spacial score (nSPS) is 13.1. The molecular weight excluding hydrogens is 460 g/mol. The highest BCUT2D eigenvalue weighted by atomic mass is 32.2. The van der Waals surface area contributed by atoms with Crippen LogP contribution in [0.1, 0.15) is 40.2 Å². The number of esters is 1. The minimum atomic E-state index is -1.36. The van der Waals surface area contributed by atoms with Crippen LogP contribution in [0.15, 0.2) is 30.3 Å². The first-order chi connectivity index (χ1) is 16.0. The van der Waals surface area contributed by atoms with E-state index in [1.54, 1.807) is 6.92 Å². The third-order valence-corrected chi connectivity index (χ3v) is 6.05. The molecule has 0 spiro atoms. The van der Waals surface area contributed by atoms with Gasteiger partial charge in [0.05, 0.1) is 25.1 Å². The van der Waals surface area contributed by atoms with Crippen LogP contribution >= 0.6 is 11.8 Å². The number of thioether (sulfide) groups is 1. The van der Waals surface area contributed by atoms with E-state index >= 15 is 0 Å². The van der Waals surface area contributed by atoms with Gasteiger partial charge in [0, 0.05) is 7.11 Å². The number of nitrogens with one attached hydrogen (secondary N) is 2. The molecule has 2 atom stereocenters. The molecule has 0 unspecified atom stereocenters. The van der Waals surface area contributed by atoms with Crippen LogP contribution in [0, 0.1) is 5.92 Å². The molecule has 1 rings (SSSR count). The summed E-state index contributed by atoms with van der Waals surface area (Å²) in [6.45, 7) is 8.52. The first-order valence-electron chi connectivity index (χ1n) is 11.1. The van der Waals surface area contributed by atoms with E-state index in [1.807, 2.05) is 44.2 Å². The Bertz CT molecular complexity index is 815. The number of carbonyl (C=O) groups excluding carboxylic acids is 4. The molecule has 10 heteroatoms. The second kappa shape index (κ2) is 14.7. The van der Waals surface area contributed by atoms with E-state index in [-0.39, 0.29) is 37.5 Å². The fraction of sp³-hybridized carbons (Fsp3) is 0.583. The molecular formula is C24H36N2O7S. The van der Waals surface area contributed by atoms with Crippen LogP contribution in [0.5, 0.6) is 0 Å². The summed E-state index contributed by atoms with van der Waals surface area (Å²) in [6.07, 6.45) is 0. The quantitative estimate of drug-likeness (QED) is 0.376. The number of hydrogen-bond donors (Lipinski definition) is 2. The molecule has 2 amide bonds. The van der Waals surface area contributed by atoms with Gasteiger partial charge in [0.25, 0.3) is 0 Å². The van der Waals surface area contributed by atoms with Gasteiger partial charge in [0.1, 0.15) is 12.1 Å². The summed E-state index contributed by atoms with van der Waals surface area (Å²) >= 11 is 0.871. The zero-order valence-electron chi connectivity index (χ0n) is 20.7. The van der Waals surface area contributed by atoms with Gasteiger partial charge in [0.2, 0.25) is 16.9 Å². The molecule has 0 heterocycles. The zero-order valence-corrected chi connectivity index (χ0v) is 21.5. The summed E-state index contributed by atoms with van der Waals surface area (Å²) in [6, 6.07) is 8.36. The lowest BCUT2D eigenvalue weighted by molar-refractivity contribution is -0.150. The second-order valence-corrected chi connectivity index (χ2v) is 9.68. The Balaban J connectivity index is 2.81. The summed E-state index contributed by atoms with van der Waals surface area (Å²) < 4.78 is 15.5. The Labute approximate surface area is 205 Å². The minimum Gasteiger partial charge on any atom is -0.464 e. The smallest absolute Gasteiger partial charge is 0.331 e. The molecule has 0 radical (unpaired) electrons. The van der Waals surface area contributed by atoms with Gasteiger partial charge in [-0.2, -0.15) is 0 Å². The highest BCUT2D eigenvalue weighted by molar-refractivity contribution is 8.14. The minimum absolute atomic E-state index is 0.0977. The van der Waals surface area contributed by atoms with Crippen LogP contribution in [0.4, 0.5) is 0 Å². The average Bonchev–Trinajstić information content (AvgIpc) is 2.77. The molecule has 0 saturated heterocycles. The van der Waals surface area contributed by atoms with Gasteiger partial charge >= 0.3 is 5.97 Å². The third-order valence-electron chi connectivity index (χ3n) is 4.66. The molecule has 0 aliphatic rings. The number of carbonyl (C=O) groups is 4. The van der Waals surface area contributed by atoms with Crippen LogP contribution in [-0.4, -0.2) is 66.7 Å². The van der Waals surface area contributed by atoms with Crippen LogP contribution in [0.3, 0.4) is 0 Å². The maximum absolute atomic E-state index is 13.0. The Hall–Kier alpha value is -2.43. The molecule has 34 heavy (non-hydrogen) atoms. The van der Waals surface area contributed by atoms with E-state index in [0.29, 0.717) is 0 Å². The standard InChI is InChI=1S/C24H36N2O7S/c1-7-33-22(29)18(14-32-13-17-11-9-8-10-12-17)25-23(30)24(4,5)26-21(28)20(16(2)3)34-19(27)15-31-6/h8-12,16,18,20H,7,13-15H2,1-6H3,(H,25,30)(H,26,28)/t18-,20-/m0/s1. The van der Waals surface area contributed by atoms with Crippen LogP contribution in [0.2, 0.25) is 0 Å². The zero-order chi connectivity index (χ0) is 25.7. The van der Waals surface area contributed by atoms with Gasteiger partial charge in [-0.15, -0.1) is 0 Å². The van der Waals surface area contributed by atoms with E-state index in [0.717, 1.165) is 17.3 Å². The van der Waals surface area contributed by atoms with E-state index in [1.165, 1.54) is 21.0 Å². The van der Waals surface area contributed by atoms with Crippen molar-refractivity contribution < 1.29 is 33.4 Å². The van der Waals surface area contributed by atoms with Crippen molar-refractivity contribution in [3.05, 3.63) is 35.9 Å². The highest BCUT2D eigenvalue weighted by Gasteiger charge is 2.36. The first-order valence-corrected chi connectivity index (χ1v) is 12.0. The summed E-state index contributed by atoms with van der Waals surface area (Å²) in [7, 11) is 1.40. The monoisotopic (exact) mass is 496 g/mol.